The smallest absolute Gasteiger partial charge is 0.362 e. The molecular weight excluding hydrogens is 209 g/mol. The number of hydrogen-bond acceptors (Lipinski definition) is 2. The van der Waals surface area contributed by atoms with Gasteiger partial charge in [0.05, 0.1) is 0 Å². The highest BCUT2D eigenvalue weighted by atomic mass is 35.5. The van der Waals surface area contributed by atoms with Gasteiger partial charge >= 0.3 is 12.1 Å². The van der Waals surface area contributed by atoms with E-state index in [0.717, 1.165) is 13.1 Å². The molecule has 1 aliphatic heterocycles. The van der Waals surface area contributed by atoms with Crippen LogP contribution < -0.4 is 5.73 Å². The van der Waals surface area contributed by atoms with Crippen molar-refractivity contribution in [3.63, 3.8) is 0 Å². The Morgan fingerprint density at radius 2 is 1.62 bits per heavy atom. The number of halogens is 4. The predicted octanol–water partition coefficient (Wildman–Crippen LogP) is 1.27. The molecule has 0 radical (unpaired) electrons. The van der Waals surface area contributed by atoms with E-state index in [1.807, 2.05) is 4.42 Å². The van der Waals surface area contributed by atoms with Gasteiger partial charge in [-0.2, -0.15) is 13.2 Å². The Labute approximate surface area is 78.7 Å². The van der Waals surface area contributed by atoms with E-state index in [1.54, 1.807) is 0 Å². The van der Waals surface area contributed by atoms with Crippen molar-refractivity contribution < 1.29 is 18.0 Å². The summed E-state index contributed by atoms with van der Waals surface area (Å²) < 4.78 is 33.9. The first-order valence-electron chi connectivity index (χ1n) is 3.61. The van der Waals surface area contributed by atoms with E-state index in [9.17, 15) is 13.2 Å². The molecule has 7 heteroatoms. The van der Waals surface area contributed by atoms with Crippen molar-refractivity contribution in [2.45, 2.75) is 19.0 Å². The molecule has 0 aromatic heterocycles. The molecule has 1 amide bonds. The van der Waals surface area contributed by atoms with Gasteiger partial charge in [0, 0.05) is 13.1 Å². The molecule has 1 rings (SSSR count). The average molecular weight is 219 g/mol. The van der Waals surface area contributed by atoms with Crippen LogP contribution in [-0.4, -0.2) is 29.6 Å². The summed E-state index contributed by atoms with van der Waals surface area (Å²) in [6.45, 7) is 2.17. The average Bonchev–Trinajstić information content (AvgIpc) is 2.38. The molecule has 0 unspecified atom stereocenters. The number of primary amides is 1. The summed E-state index contributed by atoms with van der Waals surface area (Å²) in [7, 11) is 0. The molecule has 3 nitrogen and oxygen atoms in total. The van der Waals surface area contributed by atoms with E-state index < -0.39 is 12.1 Å². The molecule has 0 aliphatic carbocycles. The van der Waals surface area contributed by atoms with Gasteiger partial charge in [-0.3, -0.25) is 4.79 Å². The van der Waals surface area contributed by atoms with Gasteiger partial charge in [-0.15, -0.1) is 0 Å². The van der Waals surface area contributed by atoms with Crippen molar-refractivity contribution in [2.24, 2.45) is 5.73 Å². The molecule has 0 aromatic rings. The maximum Gasteiger partial charge on any atom is 0.470 e. The van der Waals surface area contributed by atoms with Crippen LogP contribution in [0.4, 0.5) is 13.2 Å². The standard InChI is InChI=1S/C4H8ClN.C2H2F3NO/c5-6-3-1-2-4-6;3-2(4,5)1(6)7/h1-4H2;(H2,6,7). The number of rotatable bonds is 0. The molecule has 2 N–H and O–H groups in total. The fourth-order valence-corrected chi connectivity index (χ4v) is 0.918. The molecular formula is C6H10ClF3N2O. The molecule has 1 fully saturated rings. The molecule has 1 saturated heterocycles. The Morgan fingerprint density at radius 3 is 1.69 bits per heavy atom. The highest BCUT2D eigenvalue weighted by Gasteiger charge is 2.35. The summed E-state index contributed by atoms with van der Waals surface area (Å²) in [5.41, 5.74) is 3.81. The zero-order valence-electron chi connectivity index (χ0n) is 6.77. The number of amides is 1. The van der Waals surface area contributed by atoms with Crippen molar-refractivity contribution in [2.75, 3.05) is 13.1 Å². The summed E-state index contributed by atoms with van der Waals surface area (Å²) in [5, 5.41) is 0. The van der Waals surface area contributed by atoms with Crippen molar-refractivity contribution >= 4 is 17.7 Å². The minimum atomic E-state index is -4.86. The second-order valence-electron chi connectivity index (χ2n) is 2.48. The van der Waals surface area contributed by atoms with E-state index in [-0.39, 0.29) is 0 Å². The first-order chi connectivity index (χ1) is 5.84. The largest absolute Gasteiger partial charge is 0.470 e. The van der Waals surface area contributed by atoms with Crippen LogP contribution in [0.25, 0.3) is 0 Å². The third-order valence-corrected chi connectivity index (χ3v) is 1.67. The minimum absolute atomic E-state index is 1.08. The van der Waals surface area contributed by atoms with Crippen LogP contribution in [0.2, 0.25) is 0 Å². The highest BCUT2D eigenvalue weighted by Crippen LogP contribution is 2.11. The summed E-state index contributed by atoms with van der Waals surface area (Å²) >= 11 is 5.55. The number of carbonyl (C=O) groups excluding carboxylic acids is 1. The van der Waals surface area contributed by atoms with E-state index in [2.05, 4.69) is 5.73 Å². The molecule has 0 saturated carbocycles. The van der Waals surface area contributed by atoms with E-state index in [1.165, 1.54) is 12.8 Å². The molecule has 0 atom stereocenters. The normalized spacial score (nSPS) is 17.8. The zero-order valence-corrected chi connectivity index (χ0v) is 7.53. The number of nitrogens with two attached hydrogens (primary N) is 1. The van der Waals surface area contributed by atoms with Gasteiger partial charge in [0.1, 0.15) is 0 Å². The number of hydrogen-bond donors (Lipinski definition) is 1. The van der Waals surface area contributed by atoms with E-state index >= 15 is 0 Å². The van der Waals surface area contributed by atoms with Gasteiger partial charge in [0.25, 0.3) is 0 Å². The highest BCUT2D eigenvalue weighted by molar-refractivity contribution is 6.13. The lowest BCUT2D eigenvalue weighted by Gasteiger charge is -1.96. The van der Waals surface area contributed by atoms with Crippen LogP contribution in [0.3, 0.4) is 0 Å². The Morgan fingerprint density at radius 1 is 1.31 bits per heavy atom. The van der Waals surface area contributed by atoms with Crippen molar-refractivity contribution in [1.82, 2.24) is 4.42 Å². The van der Waals surface area contributed by atoms with Crippen LogP contribution in [0, 0.1) is 0 Å². The number of alkyl halides is 3. The van der Waals surface area contributed by atoms with Crippen LogP contribution in [0.15, 0.2) is 0 Å². The summed E-state index contributed by atoms with van der Waals surface area (Å²) in [6.07, 6.45) is -2.30. The monoisotopic (exact) mass is 218 g/mol. The fraction of sp³-hybridized carbons (Fsp3) is 0.833. The van der Waals surface area contributed by atoms with Crippen LogP contribution >= 0.6 is 11.8 Å². The van der Waals surface area contributed by atoms with Crippen LogP contribution in [0.1, 0.15) is 12.8 Å². The predicted molar refractivity (Wildman–Crippen MR) is 41.9 cm³/mol. The summed E-state index contributed by atoms with van der Waals surface area (Å²) in [6, 6.07) is 0. The molecule has 0 spiro atoms. The lowest BCUT2D eigenvalue weighted by atomic mass is 10.4. The minimum Gasteiger partial charge on any atom is -0.362 e. The molecule has 0 aromatic carbocycles. The Hall–Kier alpha value is -0.490. The number of nitrogens with zero attached hydrogens (tertiary/aromatic N) is 1. The lowest BCUT2D eigenvalue weighted by molar-refractivity contribution is -0.169. The summed E-state index contributed by atoms with van der Waals surface area (Å²) in [5.74, 6) is -2.26. The topological polar surface area (TPSA) is 46.3 Å². The third kappa shape index (κ3) is 6.65. The van der Waals surface area contributed by atoms with E-state index in [4.69, 9.17) is 16.6 Å². The van der Waals surface area contributed by atoms with Crippen LogP contribution in [0.5, 0.6) is 0 Å². The zero-order chi connectivity index (χ0) is 10.5. The maximum atomic E-state index is 10.7. The van der Waals surface area contributed by atoms with Crippen molar-refractivity contribution in [3.8, 4) is 0 Å². The van der Waals surface area contributed by atoms with E-state index in [0.29, 0.717) is 0 Å². The van der Waals surface area contributed by atoms with Gasteiger partial charge in [-0.1, -0.05) is 0 Å². The molecule has 1 heterocycles. The van der Waals surface area contributed by atoms with Crippen LogP contribution in [-0.2, 0) is 4.79 Å². The molecule has 0 bridgehead atoms. The maximum absolute atomic E-state index is 10.7. The second-order valence-corrected chi connectivity index (χ2v) is 2.96. The van der Waals surface area contributed by atoms with Gasteiger partial charge in [-0.25, -0.2) is 4.42 Å². The Bertz CT molecular complexity index is 168. The first kappa shape index (κ1) is 12.5. The quantitative estimate of drug-likeness (QED) is 0.623. The van der Waals surface area contributed by atoms with Gasteiger partial charge < -0.3 is 5.73 Å². The van der Waals surface area contributed by atoms with Crippen molar-refractivity contribution in [1.29, 1.82) is 0 Å². The molecule has 78 valence electrons. The fourth-order valence-electron chi connectivity index (χ4n) is 0.679. The summed E-state index contributed by atoms with van der Waals surface area (Å²) in [4.78, 5) is 9.12. The van der Waals surface area contributed by atoms with Gasteiger partial charge in [-0.05, 0) is 24.6 Å². The van der Waals surface area contributed by atoms with Crippen molar-refractivity contribution in [3.05, 3.63) is 0 Å². The second kappa shape index (κ2) is 5.29. The third-order valence-electron chi connectivity index (χ3n) is 1.33. The Balaban J connectivity index is 0.000000223. The molecule has 1 aliphatic rings. The first-order valence-corrected chi connectivity index (χ1v) is 3.95. The van der Waals surface area contributed by atoms with Gasteiger partial charge in [0.2, 0.25) is 0 Å². The Kier molecular flexibility index (Phi) is 5.09. The number of carbonyl (C=O) groups is 1. The lowest BCUT2D eigenvalue weighted by Crippen LogP contribution is -2.30. The SMILES string of the molecule is ClN1CCCC1.NC(=O)C(F)(F)F. The molecule has 13 heavy (non-hydrogen) atoms. The van der Waals surface area contributed by atoms with Gasteiger partial charge in [0.15, 0.2) is 0 Å².